The van der Waals surface area contributed by atoms with Gasteiger partial charge in [-0.25, -0.2) is 4.79 Å². The fraction of sp³-hybridized carbons (Fsp3) is 0.462. The summed E-state index contributed by atoms with van der Waals surface area (Å²) >= 11 is 11.7. The molecule has 1 aromatic carbocycles. The molecule has 0 atom stereocenters. The van der Waals surface area contributed by atoms with E-state index < -0.39 is 0 Å². The molecule has 5 heteroatoms. The molecule has 3 nitrogen and oxygen atoms in total. The lowest BCUT2D eigenvalue weighted by atomic mass is 10.00. The van der Waals surface area contributed by atoms with Crippen molar-refractivity contribution < 1.29 is 4.79 Å². The van der Waals surface area contributed by atoms with Gasteiger partial charge in [-0.05, 0) is 37.0 Å². The van der Waals surface area contributed by atoms with Gasteiger partial charge in [0.1, 0.15) is 0 Å². The third kappa shape index (κ3) is 3.30. The van der Waals surface area contributed by atoms with Crippen molar-refractivity contribution in [1.82, 2.24) is 4.90 Å². The van der Waals surface area contributed by atoms with Crippen molar-refractivity contribution in [2.24, 2.45) is 5.92 Å². The van der Waals surface area contributed by atoms with Crippen LogP contribution in [0.25, 0.3) is 0 Å². The highest BCUT2D eigenvalue weighted by molar-refractivity contribution is 6.42. The molecule has 1 heterocycles. The van der Waals surface area contributed by atoms with E-state index in [1.54, 1.807) is 18.2 Å². The van der Waals surface area contributed by atoms with Crippen molar-refractivity contribution in [3.63, 3.8) is 0 Å². The number of piperidine rings is 1. The quantitative estimate of drug-likeness (QED) is 0.822. The molecule has 18 heavy (non-hydrogen) atoms. The average Bonchev–Trinajstić information content (AvgIpc) is 2.34. The molecule has 0 bridgehead atoms. The molecular weight excluding hydrogens is 271 g/mol. The Bertz CT molecular complexity index is 443. The molecule has 0 aliphatic carbocycles. The molecule has 1 N–H and O–H groups in total. The van der Waals surface area contributed by atoms with Crippen LogP contribution in [0.15, 0.2) is 18.2 Å². The lowest BCUT2D eigenvalue weighted by Crippen LogP contribution is -2.40. The molecule has 98 valence electrons. The monoisotopic (exact) mass is 286 g/mol. The van der Waals surface area contributed by atoms with Crippen molar-refractivity contribution in [3.05, 3.63) is 28.2 Å². The zero-order chi connectivity index (χ0) is 13.1. The lowest BCUT2D eigenvalue weighted by molar-refractivity contribution is 0.186. The summed E-state index contributed by atoms with van der Waals surface area (Å²) in [5.41, 5.74) is 0.674. The first-order valence-corrected chi connectivity index (χ1v) is 6.83. The van der Waals surface area contributed by atoms with Crippen LogP contribution < -0.4 is 5.32 Å². The summed E-state index contributed by atoms with van der Waals surface area (Å²) < 4.78 is 0. The van der Waals surface area contributed by atoms with Crippen LogP contribution in [0.2, 0.25) is 10.0 Å². The second kappa shape index (κ2) is 5.81. The Morgan fingerprint density at radius 3 is 2.56 bits per heavy atom. The van der Waals surface area contributed by atoms with Crippen LogP contribution in [-0.2, 0) is 0 Å². The summed E-state index contributed by atoms with van der Waals surface area (Å²) in [5.74, 6) is 0.707. The third-order valence-corrected chi connectivity index (χ3v) is 3.98. The van der Waals surface area contributed by atoms with E-state index in [9.17, 15) is 4.79 Å². The number of hydrogen-bond acceptors (Lipinski definition) is 1. The van der Waals surface area contributed by atoms with Crippen LogP contribution in [0.1, 0.15) is 19.8 Å². The molecule has 1 aliphatic heterocycles. The molecule has 1 aliphatic rings. The third-order valence-electron chi connectivity index (χ3n) is 3.24. The van der Waals surface area contributed by atoms with Gasteiger partial charge in [0, 0.05) is 18.8 Å². The maximum atomic E-state index is 12.0. The number of likely N-dealkylation sites (tertiary alicyclic amines) is 1. The number of nitrogens with one attached hydrogen (secondary N) is 1. The number of nitrogens with zero attached hydrogens (tertiary/aromatic N) is 1. The van der Waals surface area contributed by atoms with Crippen molar-refractivity contribution in [1.29, 1.82) is 0 Å². The standard InChI is InChI=1S/C13H16Cl2N2O/c1-9-4-6-17(7-5-9)13(18)16-10-2-3-11(14)12(15)8-10/h2-3,8-9H,4-7H2,1H3,(H,16,18). The fourth-order valence-electron chi connectivity index (χ4n) is 1.99. The Morgan fingerprint density at radius 1 is 1.28 bits per heavy atom. The second-order valence-electron chi connectivity index (χ2n) is 4.73. The average molecular weight is 287 g/mol. The van der Waals surface area contributed by atoms with Crippen LogP contribution in [-0.4, -0.2) is 24.0 Å². The zero-order valence-corrected chi connectivity index (χ0v) is 11.8. The summed E-state index contributed by atoms with van der Waals surface area (Å²) in [6.07, 6.45) is 2.13. The molecule has 2 amide bonds. The number of benzene rings is 1. The predicted molar refractivity (Wildman–Crippen MR) is 75.5 cm³/mol. The van der Waals surface area contributed by atoms with E-state index in [0.717, 1.165) is 25.9 Å². The molecular formula is C13H16Cl2N2O. The fourth-order valence-corrected chi connectivity index (χ4v) is 2.29. The van der Waals surface area contributed by atoms with Gasteiger partial charge < -0.3 is 10.2 Å². The highest BCUT2D eigenvalue weighted by Crippen LogP contribution is 2.25. The summed E-state index contributed by atoms with van der Waals surface area (Å²) in [6, 6.07) is 5.02. The van der Waals surface area contributed by atoms with E-state index in [1.165, 1.54) is 0 Å². The first-order valence-electron chi connectivity index (χ1n) is 6.07. The van der Waals surface area contributed by atoms with E-state index in [0.29, 0.717) is 21.7 Å². The van der Waals surface area contributed by atoms with Crippen LogP contribution in [0.3, 0.4) is 0 Å². The van der Waals surface area contributed by atoms with Gasteiger partial charge in [0.05, 0.1) is 10.0 Å². The molecule has 0 aromatic heterocycles. The van der Waals surface area contributed by atoms with Gasteiger partial charge in [-0.15, -0.1) is 0 Å². The predicted octanol–water partition coefficient (Wildman–Crippen LogP) is 4.26. The van der Waals surface area contributed by atoms with Crippen LogP contribution in [0.4, 0.5) is 10.5 Å². The van der Waals surface area contributed by atoms with Crippen molar-refractivity contribution in [2.75, 3.05) is 18.4 Å². The SMILES string of the molecule is CC1CCN(C(=O)Nc2ccc(Cl)c(Cl)c2)CC1. The first kappa shape index (κ1) is 13.5. The maximum absolute atomic E-state index is 12.0. The molecule has 0 spiro atoms. The summed E-state index contributed by atoms with van der Waals surface area (Å²) in [4.78, 5) is 13.8. The number of hydrogen-bond donors (Lipinski definition) is 1. The van der Waals surface area contributed by atoms with E-state index >= 15 is 0 Å². The number of halogens is 2. The smallest absolute Gasteiger partial charge is 0.321 e. The summed E-state index contributed by atoms with van der Waals surface area (Å²) in [5, 5.41) is 3.77. The topological polar surface area (TPSA) is 32.3 Å². The normalized spacial score (nSPS) is 16.7. The highest BCUT2D eigenvalue weighted by Gasteiger charge is 2.20. The van der Waals surface area contributed by atoms with E-state index in [-0.39, 0.29) is 6.03 Å². The molecule has 2 rings (SSSR count). The van der Waals surface area contributed by atoms with Gasteiger partial charge in [-0.3, -0.25) is 0 Å². The van der Waals surface area contributed by atoms with Gasteiger partial charge >= 0.3 is 6.03 Å². The second-order valence-corrected chi connectivity index (χ2v) is 5.54. The molecule has 1 fully saturated rings. The first-order chi connectivity index (χ1) is 8.56. The van der Waals surface area contributed by atoms with Crippen LogP contribution in [0.5, 0.6) is 0 Å². The van der Waals surface area contributed by atoms with Gasteiger partial charge in [0.2, 0.25) is 0 Å². The van der Waals surface area contributed by atoms with Crippen LogP contribution in [0, 0.1) is 5.92 Å². The highest BCUT2D eigenvalue weighted by atomic mass is 35.5. The largest absolute Gasteiger partial charge is 0.325 e. The van der Waals surface area contributed by atoms with E-state index in [4.69, 9.17) is 23.2 Å². The number of carbonyl (C=O) groups excluding carboxylic acids is 1. The van der Waals surface area contributed by atoms with E-state index in [1.807, 2.05) is 4.90 Å². The Hall–Kier alpha value is -0.930. The number of rotatable bonds is 1. The number of amides is 2. The molecule has 1 aromatic rings. The van der Waals surface area contributed by atoms with Crippen molar-refractivity contribution in [2.45, 2.75) is 19.8 Å². The summed E-state index contributed by atoms with van der Waals surface area (Å²) in [6.45, 7) is 3.84. The minimum absolute atomic E-state index is 0.0692. The zero-order valence-electron chi connectivity index (χ0n) is 10.2. The van der Waals surface area contributed by atoms with Gasteiger partial charge in [0.25, 0.3) is 0 Å². The van der Waals surface area contributed by atoms with Crippen LogP contribution >= 0.6 is 23.2 Å². The molecule has 0 radical (unpaired) electrons. The van der Waals surface area contributed by atoms with Crippen molar-refractivity contribution in [3.8, 4) is 0 Å². The van der Waals surface area contributed by atoms with E-state index in [2.05, 4.69) is 12.2 Å². The van der Waals surface area contributed by atoms with Gasteiger partial charge in [0.15, 0.2) is 0 Å². The number of urea groups is 1. The van der Waals surface area contributed by atoms with Gasteiger partial charge in [-0.1, -0.05) is 30.1 Å². The molecule has 0 saturated carbocycles. The van der Waals surface area contributed by atoms with Gasteiger partial charge in [-0.2, -0.15) is 0 Å². The Kier molecular flexibility index (Phi) is 4.36. The number of carbonyl (C=O) groups is 1. The minimum Gasteiger partial charge on any atom is -0.325 e. The van der Waals surface area contributed by atoms with Crippen molar-refractivity contribution >= 4 is 34.9 Å². The molecule has 1 saturated heterocycles. The Balaban J connectivity index is 1.96. The molecule has 0 unspecified atom stereocenters. The lowest BCUT2D eigenvalue weighted by Gasteiger charge is -2.30. The minimum atomic E-state index is -0.0692. The maximum Gasteiger partial charge on any atom is 0.321 e. The Labute approximate surface area is 117 Å². The summed E-state index contributed by atoms with van der Waals surface area (Å²) in [7, 11) is 0. The number of anilines is 1. The Morgan fingerprint density at radius 2 is 1.94 bits per heavy atom.